The van der Waals surface area contributed by atoms with E-state index in [0.717, 1.165) is 0 Å². The molecule has 0 aromatic heterocycles. The number of halogens is 1. The number of fused-ring (bicyclic) bond motifs is 1. The number of anilines is 1. The zero-order valence-corrected chi connectivity index (χ0v) is 10.7. The van der Waals surface area contributed by atoms with Crippen LogP contribution in [0.5, 0.6) is 11.5 Å². The molecule has 1 unspecified atom stereocenters. The number of alkyl halides is 1. The molecule has 0 aliphatic carbocycles. The highest BCUT2D eigenvalue weighted by Gasteiger charge is 2.19. The van der Waals surface area contributed by atoms with E-state index in [2.05, 4.69) is 5.32 Å². The van der Waals surface area contributed by atoms with Gasteiger partial charge in [-0.1, -0.05) is 0 Å². The maximum Gasteiger partial charge on any atom is 0.231 e. The third-order valence-corrected chi connectivity index (χ3v) is 2.95. The van der Waals surface area contributed by atoms with Crippen LogP contribution in [0.4, 0.5) is 5.69 Å². The molecule has 0 saturated heterocycles. The van der Waals surface area contributed by atoms with Crippen LogP contribution in [-0.4, -0.2) is 36.2 Å². The molecule has 2 N–H and O–H groups in total. The quantitative estimate of drug-likeness (QED) is 0.629. The third kappa shape index (κ3) is 2.68. The van der Waals surface area contributed by atoms with Gasteiger partial charge in [0.05, 0.1) is 12.0 Å². The Morgan fingerprint density at radius 1 is 1.50 bits per heavy atom. The van der Waals surface area contributed by atoms with Gasteiger partial charge < -0.3 is 19.9 Å². The van der Waals surface area contributed by atoms with Gasteiger partial charge in [0.1, 0.15) is 0 Å². The van der Waals surface area contributed by atoms with Crippen LogP contribution >= 0.6 is 11.6 Å². The second kappa shape index (κ2) is 5.46. The maximum absolute atomic E-state index is 11.6. The number of hydrogen-bond donors (Lipinski definition) is 2. The minimum Gasteiger partial charge on any atom is -0.454 e. The van der Waals surface area contributed by atoms with Crippen molar-refractivity contribution in [3.8, 4) is 11.5 Å². The molecule has 0 saturated carbocycles. The maximum atomic E-state index is 11.6. The van der Waals surface area contributed by atoms with Crippen LogP contribution in [-0.2, 0) is 0 Å². The third-order valence-electron chi connectivity index (χ3n) is 2.60. The molecule has 98 valence electrons. The van der Waals surface area contributed by atoms with Crippen LogP contribution < -0.4 is 14.8 Å². The monoisotopic (exact) mass is 271 g/mol. The second-order valence-corrected chi connectivity index (χ2v) is 4.30. The van der Waals surface area contributed by atoms with Gasteiger partial charge in [0, 0.05) is 23.9 Å². The highest BCUT2D eigenvalue weighted by Crippen LogP contribution is 2.37. The lowest BCUT2D eigenvalue weighted by molar-refractivity contribution is 0.101. The van der Waals surface area contributed by atoms with Crippen LogP contribution in [0.3, 0.4) is 0 Å². The fourth-order valence-corrected chi connectivity index (χ4v) is 1.77. The Morgan fingerprint density at radius 2 is 2.17 bits per heavy atom. The molecular formula is C12H14ClNO4. The Kier molecular flexibility index (Phi) is 3.93. The summed E-state index contributed by atoms with van der Waals surface area (Å²) < 4.78 is 10.5. The predicted molar refractivity (Wildman–Crippen MR) is 67.8 cm³/mol. The zero-order chi connectivity index (χ0) is 13.1. The molecule has 6 heteroatoms. The molecule has 2 rings (SSSR count). The van der Waals surface area contributed by atoms with Crippen LogP contribution in [0.25, 0.3) is 0 Å². The van der Waals surface area contributed by atoms with Crippen molar-refractivity contribution in [2.24, 2.45) is 0 Å². The largest absolute Gasteiger partial charge is 0.454 e. The summed E-state index contributed by atoms with van der Waals surface area (Å²) in [7, 11) is 0. The minimum absolute atomic E-state index is 0.0869. The van der Waals surface area contributed by atoms with Gasteiger partial charge in [-0.2, -0.15) is 0 Å². The Labute approximate surface area is 110 Å². The lowest BCUT2D eigenvalue weighted by atomic mass is 10.1. The predicted octanol–water partition coefficient (Wildman–Crippen LogP) is 1.63. The number of carbonyl (C=O) groups is 1. The molecule has 5 nitrogen and oxygen atoms in total. The molecule has 1 aliphatic rings. The van der Waals surface area contributed by atoms with Crippen molar-refractivity contribution in [3.63, 3.8) is 0 Å². The van der Waals surface area contributed by atoms with Crippen LogP contribution in [0.15, 0.2) is 12.1 Å². The summed E-state index contributed by atoms with van der Waals surface area (Å²) in [6, 6.07) is 3.33. The number of nitrogens with one attached hydrogen (secondary N) is 1. The number of aliphatic hydroxyl groups excluding tert-OH is 1. The van der Waals surface area contributed by atoms with Crippen LogP contribution in [0.1, 0.15) is 17.3 Å². The van der Waals surface area contributed by atoms with Gasteiger partial charge in [-0.3, -0.25) is 4.79 Å². The van der Waals surface area contributed by atoms with E-state index >= 15 is 0 Å². The van der Waals surface area contributed by atoms with Gasteiger partial charge in [-0.25, -0.2) is 0 Å². The van der Waals surface area contributed by atoms with E-state index in [4.69, 9.17) is 21.1 Å². The van der Waals surface area contributed by atoms with Gasteiger partial charge in [-0.15, -0.1) is 11.6 Å². The Bertz CT molecular complexity index is 464. The van der Waals surface area contributed by atoms with Gasteiger partial charge in [0.15, 0.2) is 17.3 Å². The van der Waals surface area contributed by atoms with E-state index in [0.29, 0.717) is 22.7 Å². The summed E-state index contributed by atoms with van der Waals surface area (Å²) >= 11 is 5.51. The lowest BCUT2D eigenvalue weighted by Gasteiger charge is -2.13. The average Bonchev–Trinajstić information content (AvgIpc) is 2.81. The number of carbonyl (C=O) groups excluding carboxylic acids is 1. The number of hydrogen-bond acceptors (Lipinski definition) is 5. The molecule has 1 aromatic carbocycles. The molecule has 1 aliphatic heterocycles. The molecule has 18 heavy (non-hydrogen) atoms. The summed E-state index contributed by atoms with van der Waals surface area (Å²) in [5.74, 6) is 1.19. The number of ether oxygens (including phenoxy) is 2. The lowest BCUT2D eigenvalue weighted by Crippen LogP contribution is -2.21. The van der Waals surface area contributed by atoms with Gasteiger partial charge in [0.2, 0.25) is 6.79 Å². The summed E-state index contributed by atoms with van der Waals surface area (Å²) in [6.07, 6.45) is -0.670. The average molecular weight is 272 g/mol. The van der Waals surface area contributed by atoms with E-state index in [1.54, 1.807) is 12.1 Å². The first-order valence-corrected chi connectivity index (χ1v) is 6.07. The van der Waals surface area contributed by atoms with Gasteiger partial charge in [-0.05, 0) is 13.0 Å². The zero-order valence-electron chi connectivity index (χ0n) is 9.90. The first-order chi connectivity index (χ1) is 8.61. The number of ketones is 1. The van der Waals surface area contributed by atoms with E-state index in [1.807, 2.05) is 0 Å². The molecule has 0 bridgehead atoms. The summed E-state index contributed by atoms with van der Waals surface area (Å²) in [6.45, 7) is 1.89. The Balaban J connectivity index is 2.24. The molecule has 0 spiro atoms. The number of rotatable bonds is 5. The number of benzene rings is 1. The molecular weight excluding hydrogens is 258 g/mol. The van der Waals surface area contributed by atoms with E-state index in [1.165, 1.54) is 6.92 Å². The molecule has 1 aromatic rings. The standard InChI is InChI=1S/C12H14ClNO4/c1-7(15)9-2-11-12(18-6-17-11)3-10(9)14-5-8(16)4-13/h2-3,8,14,16H,4-6H2,1H3. The van der Waals surface area contributed by atoms with E-state index in [-0.39, 0.29) is 25.0 Å². The highest BCUT2D eigenvalue weighted by atomic mass is 35.5. The topological polar surface area (TPSA) is 67.8 Å². The van der Waals surface area contributed by atoms with Crippen molar-refractivity contribution in [1.82, 2.24) is 0 Å². The number of Topliss-reactive ketones (excluding diaryl/α,β-unsaturated/α-hetero) is 1. The highest BCUT2D eigenvalue weighted by molar-refractivity contribution is 6.18. The van der Waals surface area contributed by atoms with Gasteiger partial charge >= 0.3 is 0 Å². The Morgan fingerprint density at radius 3 is 2.78 bits per heavy atom. The van der Waals surface area contributed by atoms with Crippen molar-refractivity contribution >= 4 is 23.1 Å². The minimum atomic E-state index is -0.670. The van der Waals surface area contributed by atoms with Gasteiger partial charge in [0.25, 0.3) is 0 Å². The Hall–Kier alpha value is -1.46. The fraction of sp³-hybridized carbons (Fsp3) is 0.417. The summed E-state index contributed by atoms with van der Waals surface area (Å²) in [5.41, 5.74) is 1.11. The van der Waals surface area contributed by atoms with Crippen molar-refractivity contribution in [1.29, 1.82) is 0 Å². The molecule has 0 fully saturated rings. The summed E-state index contributed by atoms with van der Waals surface area (Å²) in [4.78, 5) is 11.6. The first-order valence-electron chi connectivity index (χ1n) is 5.54. The van der Waals surface area contributed by atoms with Crippen molar-refractivity contribution in [2.45, 2.75) is 13.0 Å². The van der Waals surface area contributed by atoms with Crippen molar-refractivity contribution < 1.29 is 19.4 Å². The molecule has 1 atom stereocenters. The van der Waals surface area contributed by atoms with Crippen molar-refractivity contribution in [3.05, 3.63) is 17.7 Å². The molecule has 1 heterocycles. The molecule has 0 amide bonds. The van der Waals surface area contributed by atoms with Crippen LogP contribution in [0.2, 0.25) is 0 Å². The second-order valence-electron chi connectivity index (χ2n) is 4.00. The summed E-state index contributed by atoms with van der Waals surface area (Å²) in [5, 5.41) is 12.4. The SMILES string of the molecule is CC(=O)c1cc2c(cc1NCC(O)CCl)OCO2. The first kappa shape index (κ1) is 13.0. The normalized spacial score (nSPS) is 14.4. The van der Waals surface area contributed by atoms with Crippen LogP contribution in [0, 0.1) is 0 Å². The number of aliphatic hydroxyl groups is 1. The molecule has 0 radical (unpaired) electrons. The van der Waals surface area contributed by atoms with E-state index in [9.17, 15) is 9.90 Å². The van der Waals surface area contributed by atoms with E-state index < -0.39 is 6.10 Å². The fourth-order valence-electron chi connectivity index (χ4n) is 1.66. The smallest absolute Gasteiger partial charge is 0.231 e. The van der Waals surface area contributed by atoms with Crippen molar-refractivity contribution in [2.75, 3.05) is 24.5 Å².